The highest BCUT2D eigenvalue weighted by Crippen LogP contribution is 2.46. The van der Waals surface area contributed by atoms with E-state index >= 15 is 0 Å². The fraction of sp³-hybridized carbons (Fsp3) is 0.333. The van der Waals surface area contributed by atoms with Crippen molar-refractivity contribution in [3.63, 3.8) is 0 Å². The van der Waals surface area contributed by atoms with Crippen LogP contribution in [-0.4, -0.2) is 31.4 Å². The molecule has 2 amide bonds. The van der Waals surface area contributed by atoms with Gasteiger partial charge in [0, 0.05) is 30.0 Å². The predicted octanol–water partition coefficient (Wildman–Crippen LogP) is 4.54. The van der Waals surface area contributed by atoms with E-state index in [1.54, 1.807) is 35.0 Å². The number of carbonyl (C=O) groups is 2. The first-order chi connectivity index (χ1) is 15.7. The number of nitrogens with one attached hydrogen (secondary N) is 2. The molecule has 0 atom stereocenters. The lowest BCUT2D eigenvalue weighted by Crippen LogP contribution is -2.21. The van der Waals surface area contributed by atoms with Gasteiger partial charge in [0.1, 0.15) is 12.2 Å². The predicted molar refractivity (Wildman–Crippen MR) is 115 cm³/mol. The lowest BCUT2D eigenvalue weighted by molar-refractivity contribution is -0.141. The summed E-state index contributed by atoms with van der Waals surface area (Å²) in [6.07, 6.45) is -1.79. The van der Waals surface area contributed by atoms with E-state index in [-0.39, 0.29) is 17.5 Å². The molecule has 0 unspecified atom stereocenters. The molecule has 2 heterocycles. The molecule has 1 aromatic carbocycles. The van der Waals surface area contributed by atoms with E-state index in [1.807, 2.05) is 6.92 Å². The molecule has 2 aromatic heterocycles. The standard InChI is InChI=1S/C21H20ClF3N6O2/c1-2-30-15(8-9-26-30)20(33)28-14-5-3-4-13(10-14)27-16(32)11-31-18(12-6-7-12)17(22)19(29-31)21(23,24)25/h3-5,8-10,12H,2,6-7,11H2,1H3,(H,27,32)(H,28,33). The van der Waals surface area contributed by atoms with Crippen molar-refractivity contribution in [1.29, 1.82) is 0 Å². The van der Waals surface area contributed by atoms with Gasteiger partial charge in [-0.2, -0.15) is 23.4 Å². The number of benzene rings is 1. The van der Waals surface area contributed by atoms with Crippen molar-refractivity contribution in [2.24, 2.45) is 0 Å². The molecule has 0 radical (unpaired) electrons. The van der Waals surface area contributed by atoms with Crippen molar-refractivity contribution < 1.29 is 22.8 Å². The Kier molecular flexibility index (Phi) is 6.15. The summed E-state index contributed by atoms with van der Waals surface area (Å²) < 4.78 is 42.2. The molecule has 1 aliphatic carbocycles. The zero-order chi connectivity index (χ0) is 23.8. The normalized spacial score (nSPS) is 13.7. The van der Waals surface area contributed by atoms with Gasteiger partial charge in [0.15, 0.2) is 5.69 Å². The summed E-state index contributed by atoms with van der Waals surface area (Å²) in [5.74, 6) is -1.07. The summed E-state index contributed by atoms with van der Waals surface area (Å²) in [6.45, 7) is 1.97. The maximum atomic E-state index is 13.2. The summed E-state index contributed by atoms with van der Waals surface area (Å²) in [5.41, 5.74) is 0.226. The summed E-state index contributed by atoms with van der Waals surface area (Å²) in [4.78, 5) is 25.0. The number of aryl methyl sites for hydroxylation is 1. The molecule has 0 aliphatic heterocycles. The van der Waals surface area contributed by atoms with Crippen LogP contribution < -0.4 is 10.6 Å². The van der Waals surface area contributed by atoms with Crippen molar-refractivity contribution in [3.8, 4) is 0 Å². The first-order valence-electron chi connectivity index (χ1n) is 10.2. The van der Waals surface area contributed by atoms with Gasteiger partial charge in [-0.1, -0.05) is 17.7 Å². The van der Waals surface area contributed by atoms with Crippen molar-refractivity contribution in [1.82, 2.24) is 19.6 Å². The van der Waals surface area contributed by atoms with Gasteiger partial charge in [0.25, 0.3) is 5.91 Å². The number of halogens is 4. The third-order valence-corrected chi connectivity index (χ3v) is 5.48. The van der Waals surface area contributed by atoms with Crippen LogP contribution >= 0.6 is 11.6 Å². The highest BCUT2D eigenvalue weighted by molar-refractivity contribution is 6.32. The van der Waals surface area contributed by atoms with E-state index in [2.05, 4.69) is 20.8 Å². The maximum absolute atomic E-state index is 13.2. The number of amides is 2. The van der Waals surface area contributed by atoms with E-state index in [1.165, 1.54) is 6.20 Å². The van der Waals surface area contributed by atoms with Crippen LogP contribution in [-0.2, 0) is 24.1 Å². The maximum Gasteiger partial charge on any atom is 0.436 e. The van der Waals surface area contributed by atoms with Gasteiger partial charge in [0.2, 0.25) is 5.91 Å². The Morgan fingerprint density at radius 1 is 1.15 bits per heavy atom. The molecule has 1 fully saturated rings. The molecule has 4 rings (SSSR count). The van der Waals surface area contributed by atoms with Crippen molar-refractivity contribution in [3.05, 3.63) is 58.6 Å². The molecule has 0 saturated heterocycles. The lowest BCUT2D eigenvalue weighted by atomic mass is 10.2. The Balaban J connectivity index is 1.46. The van der Waals surface area contributed by atoms with E-state index in [0.717, 1.165) is 4.68 Å². The lowest BCUT2D eigenvalue weighted by Gasteiger charge is -2.11. The molecule has 33 heavy (non-hydrogen) atoms. The number of hydrogen-bond acceptors (Lipinski definition) is 4. The van der Waals surface area contributed by atoms with Gasteiger partial charge < -0.3 is 10.6 Å². The highest BCUT2D eigenvalue weighted by Gasteiger charge is 2.42. The zero-order valence-electron chi connectivity index (χ0n) is 17.5. The number of alkyl halides is 3. The van der Waals surface area contributed by atoms with Crippen LogP contribution in [0.5, 0.6) is 0 Å². The fourth-order valence-electron chi connectivity index (χ4n) is 3.49. The monoisotopic (exact) mass is 480 g/mol. The topological polar surface area (TPSA) is 93.8 Å². The second-order valence-corrected chi connectivity index (χ2v) is 7.97. The summed E-state index contributed by atoms with van der Waals surface area (Å²) >= 11 is 5.94. The van der Waals surface area contributed by atoms with Gasteiger partial charge in [-0.25, -0.2) is 0 Å². The minimum absolute atomic E-state index is 0.135. The Morgan fingerprint density at radius 2 is 1.85 bits per heavy atom. The molecule has 8 nitrogen and oxygen atoms in total. The van der Waals surface area contributed by atoms with E-state index < -0.39 is 29.3 Å². The number of rotatable bonds is 7. The SMILES string of the molecule is CCn1nccc1C(=O)Nc1cccc(NC(=O)Cn2nc(C(F)(F)F)c(Cl)c2C2CC2)c1. The van der Waals surface area contributed by atoms with Crippen LogP contribution in [0.1, 0.15) is 47.6 Å². The highest BCUT2D eigenvalue weighted by atomic mass is 35.5. The van der Waals surface area contributed by atoms with Crippen LogP contribution in [0, 0.1) is 0 Å². The van der Waals surface area contributed by atoms with Crippen LogP contribution in [0.15, 0.2) is 36.5 Å². The van der Waals surface area contributed by atoms with E-state index in [9.17, 15) is 22.8 Å². The molecule has 0 bridgehead atoms. The van der Waals surface area contributed by atoms with E-state index in [0.29, 0.717) is 36.5 Å². The van der Waals surface area contributed by atoms with Gasteiger partial charge in [0.05, 0.1) is 10.7 Å². The van der Waals surface area contributed by atoms with Gasteiger partial charge >= 0.3 is 6.18 Å². The Labute approximate surface area is 191 Å². The molecule has 1 saturated carbocycles. The number of anilines is 2. The summed E-state index contributed by atoms with van der Waals surface area (Å²) in [5, 5.41) is 12.5. The molecular weight excluding hydrogens is 461 g/mol. The molecule has 1 aliphatic rings. The fourth-order valence-corrected chi connectivity index (χ4v) is 3.88. The van der Waals surface area contributed by atoms with Crippen LogP contribution in [0.4, 0.5) is 24.5 Å². The van der Waals surface area contributed by atoms with Crippen molar-refractivity contribution in [2.75, 3.05) is 10.6 Å². The van der Waals surface area contributed by atoms with Crippen LogP contribution in [0.2, 0.25) is 5.02 Å². The van der Waals surface area contributed by atoms with Gasteiger partial charge in [-0.15, -0.1) is 0 Å². The number of nitrogens with zero attached hydrogens (tertiary/aromatic N) is 4. The molecule has 12 heteroatoms. The largest absolute Gasteiger partial charge is 0.436 e. The average Bonchev–Trinajstić information content (AvgIpc) is 3.34. The minimum atomic E-state index is -4.71. The van der Waals surface area contributed by atoms with Gasteiger partial charge in [-0.3, -0.25) is 19.0 Å². The first kappa shape index (κ1) is 22.8. The summed E-state index contributed by atoms with van der Waals surface area (Å²) in [6, 6.07) is 8.01. The Hall–Kier alpha value is -3.34. The van der Waals surface area contributed by atoms with Crippen molar-refractivity contribution >= 4 is 34.8 Å². The average molecular weight is 481 g/mol. The Morgan fingerprint density at radius 3 is 2.48 bits per heavy atom. The minimum Gasteiger partial charge on any atom is -0.324 e. The quantitative estimate of drug-likeness (QED) is 0.519. The van der Waals surface area contributed by atoms with Gasteiger partial charge in [-0.05, 0) is 44.0 Å². The second-order valence-electron chi connectivity index (χ2n) is 7.59. The third kappa shape index (κ3) is 5.03. The molecule has 3 aromatic rings. The van der Waals surface area contributed by atoms with Crippen molar-refractivity contribution in [2.45, 2.75) is 44.9 Å². The number of aromatic nitrogens is 4. The van der Waals surface area contributed by atoms with E-state index in [4.69, 9.17) is 11.6 Å². The molecule has 2 N–H and O–H groups in total. The second kappa shape index (κ2) is 8.89. The number of hydrogen-bond donors (Lipinski definition) is 2. The zero-order valence-corrected chi connectivity index (χ0v) is 18.2. The Bertz CT molecular complexity index is 1200. The molecule has 0 spiro atoms. The van der Waals surface area contributed by atoms with Crippen LogP contribution in [0.3, 0.4) is 0 Å². The molecule has 174 valence electrons. The third-order valence-electron chi connectivity index (χ3n) is 5.11. The van der Waals surface area contributed by atoms with Crippen LogP contribution in [0.25, 0.3) is 0 Å². The number of carbonyl (C=O) groups excluding carboxylic acids is 2. The molecular formula is C21H20ClF3N6O2. The summed E-state index contributed by atoms with van der Waals surface area (Å²) in [7, 11) is 0. The smallest absolute Gasteiger partial charge is 0.324 e. The first-order valence-corrected chi connectivity index (χ1v) is 10.6.